The first kappa shape index (κ1) is 34.0. The van der Waals surface area contributed by atoms with Crippen molar-refractivity contribution in [2.45, 2.75) is 55.4 Å². The van der Waals surface area contributed by atoms with Crippen molar-refractivity contribution in [3.8, 4) is 0 Å². The number of hydrogen-bond donors (Lipinski definition) is 0. The molecule has 24 heteroatoms. The Morgan fingerprint density at radius 1 is 0.432 bits per heavy atom. The maximum atomic E-state index is 13.2. The second-order valence-corrected chi connectivity index (χ2v) is 10.9. The van der Waals surface area contributed by atoms with Crippen LogP contribution in [0.2, 0.25) is 0 Å². The van der Waals surface area contributed by atoms with Gasteiger partial charge >= 0.3 is 192 Å². The predicted molar refractivity (Wildman–Crippen MR) is 83.1 cm³/mol. The van der Waals surface area contributed by atoms with E-state index in [1.54, 1.807) is 0 Å². The van der Waals surface area contributed by atoms with Crippen LogP contribution in [0.3, 0.4) is 0 Å². The van der Waals surface area contributed by atoms with Gasteiger partial charge in [-0.2, -0.15) is 0 Å². The van der Waals surface area contributed by atoms with Gasteiger partial charge in [0.25, 0.3) is 0 Å². The van der Waals surface area contributed by atoms with Gasteiger partial charge in [-0.05, 0) is 0 Å². The van der Waals surface area contributed by atoms with Crippen LogP contribution < -0.4 is 0 Å². The van der Waals surface area contributed by atoms with Crippen molar-refractivity contribution in [2.75, 3.05) is 27.2 Å². The van der Waals surface area contributed by atoms with Gasteiger partial charge in [0.1, 0.15) is 0 Å². The molecule has 0 spiro atoms. The van der Waals surface area contributed by atoms with Crippen LogP contribution in [0, 0.1) is 0 Å². The second-order valence-electron chi connectivity index (χ2n) is 7.27. The molecule has 0 bridgehead atoms. The number of likely N-dealkylation sites (N-methyl/N-ethyl adjacent to an activating group) is 2. The summed E-state index contributed by atoms with van der Waals surface area (Å²) in [6.07, 6.45) is -58.0. The molecule has 37 heavy (non-hydrogen) atoms. The van der Waals surface area contributed by atoms with Crippen LogP contribution in [0.15, 0.2) is 0 Å². The van der Waals surface area contributed by atoms with E-state index in [9.17, 15) is 79.0 Å². The molecule has 0 saturated carbocycles. The predicted octanol–water partition coefficient (Wildman–Crippen LogP) is 6.52. The minimum absolute atomic E-state index is 0.0429. The summed E-state index contributed by atoms with van der Waals surface area (Å²) >= 11 is 0. The molecule has 5 nitrogen and oxygen atoms in total. The van der Waals surface area contributed by atoms with Crippen molar-refractivity contribution in [2.24, 2.45) is 0 Å². The Hall–Kier alpha value is -1.03. The van der Waals surface area contributed by atoms with Gasteiger partial charge in [-0.25, -0.2) is 0 Å². The summed E-state index contributed by atoms with van der Waals surface area (Å²) in [7, 11) is -8.50. The number of hydrogen-bond acceptors (Lipinski definition) is 5. The van der Waals surface area contributed by atoms with Gasteiger partial charge in [0.2, 0.25) is 0 Å². The molecule has 0 aliphatic carbocycles. The van der Waals surface area contributed by atoms with E-state index in [2.05, 4.69) is 13.6 Å². The molecule has 1 saturated heterocycles. The van der Waals surface area contributed by atoms with Crippen LogP contribution in [0.5, 0.6) is 0 Å². The van der Waals surface area contributed by atoms with Crippen molar-refractivity contribution >= 4 is 7.59 Å². The summed E-state index contributed by atoms with van der Waals surface area (Å²) in [4.78, 5) is 0. The summed E-state index contributed by atoms with van der Waals surface area (Å²) in [6.45, 7) is -2.75. The van der Waals surface area contributed by atoms with E-state index in [1.807, 2.05) is 0 Å². The average molecular weight is 618 g/mol. The van der Waals surface area contributed by atoms with Gasteiger partial charge in [0.15, 0.2) is 0 Å². The number of alkyl halides is 18. The minimum atomic E-state index is -8.42. The van der Waals surface area contributed by atoms with E-state index < -0.39 is 85.4 Å². The number of nitrogens with zero attached hydrogens (tertiary/aromatic N) is 2. The van der Waals surface area contributed by atoms with E-state index in [1.165, 1.54) is 0 Å². The molecular formula is C13H13F18N2O3P. The van der Waals surface area contributed by atoms with Crippen molar-refractivity contribution in [3.63, 3.8) is 0 Å². The van der Waals surface area contributed by atoms with Crippen LogP contribution in [-0.2, 0) is 13.6 Å². The Morgan fingerprint density at radius 3 is 0.730 bits per heavy atom. The third-order valence-corrected chi connectivity index (χ3v) is 8.93. The first-order chi connectivity index (χ1) is 15.9. The van der Waals surface area contributed by atoms with Gasteiger partial charge in [-0.3, -0.25) is 0 Å². The Morgan fingerprint density at radius 2 is 0.595 bits per heavy atom. The Labute approximate surface area is 193 Å². The van der Waals surface area contributed by atoms with Crippen LogP contribution in [-0.4, -0.2) is 91.9 Å². The normalized spacial score (nSPS) is 22.2. The topological polar surface area (TPSA) is 34.2 Å². The number of rotatable bonds is 6. The van der Waals surface area contributed by atoms with E-state index in [0.717, 1.165) is 0 Å². The van der Waals surface area contributed by atoms with Crippen molar-refractivity contribution in [1.29, 1.82) is 0 Å². The molecule has 0 radical (unpaired) electrons. The zero-order valence-corrected chi connectivity index (χ0v) is 18.4. The van der Waals surface area contributed by atoms with E-state index >= 15 is 0 Å². The molecular weight excluding hydrogens is 605 g/mol. The first-order valence-corrected chi connectivity index (χ1v) is 10.7. The molecule has 0 aromatic carbocycles. The van der Waals surface area contributed by atoms with E-state index in [0.29, 0.717) is 0 Å². The first-order valence-electron chi connectivity index (χ1n) is 8.82. The average Bonchev–Trinajstić information content (AvgIpc) is 2.83. The molecule has 0 aromatic rings. The summed E-state index contributed by atoms with van der Waals surface area (Å²) in [5, 5.41) is 0. The molecule has 224 valence electrons. The zero-order chi connectivity index (χ0) is 29.9. The van der Waals surface area contributed by atoms with Gasteiger partial charge in [0, 0.05) is 0 Å². The Kier molecular flexibility index (Phi) is 8.78. The Bertz CT molecular complexity index is 657. The summed E-state index contributed by atoms with van der Waals surface area (Å²) in [5.41, 5.74) is 0. The molecule has 1 aliphatic heterocycles. The number of halogens is 18. The van der Waals surface area contributed by atoms with Crippen molar-refractivity contribution in [3.05, 3.63) is 0 Å². The van der Waals surface area contributed by atoms with Gasteiger partial charge in [-0.15, -0.1) is 0 Å². The summed E-state index contributed by atoms with van der Waals surface area (Å²) < 4.78 is 247. The molecule has 1 fully saturated rings. The molecule has 1 rings (SSSR count). The standard InChI is InChI=1S/C13H13F18N2O3P/c1-32-3-4-33(2)37(32,34-5(8(14,15)16)9(17,18)19,35-6(10(20,21)22)11(23,24)25)36-7(12(26,27)28)13(29,30)31/h5-7H,3-4H2,1-2H3. The fraction of sp³-hybridized carbons (Fsp3) is 1.00. The van der Waals surface area contributed by atoms with Crippen molar-refractivity contribution in [1.82, 2.24) is 9.34 Å². The van der Waals surface area contributed by atoms with Gasteiger partial charge < -0.3 is 0 Å². The van der Waals surface area contributed by atoms with Crippen LogP contribution in [0.4, 0.5) is 79.0 Å². The van der Waals surface area contributed by atoms with Gasteiger partial charge in [-0.1, -0.05) is 0 Å². The fourth-order valence-corrected chi connectivity index (χ4v) is 7.18. The van der Waals surface area contributed by atoms with E-state index in [4.69, 9.17) is 0 Å². The van der Waals surface area contributed by atoms with Crippen LogP contribution in [0.1, 0.15) is 0 Å². The quantitative estimate of drug-likeness (QED) is 0.250. The molecule has 0 unspecified atom stereocenters. The summed E-state index contributed by atoms with van der Waals surface area (Å²) in [5.74, 6) is 0. The molecule has 1 heterocycles. The van der Waals surface area contributed by atoms with Crippen molar-refractivity contribution < 1.29 is 92.6 Å². The third-order valence-electron chi connectivity index (χ3n) is 4.53. The molecule has 0 aromatic heterocycles. The Balaban J connectivity index is 4.22. The molecule has 1 aliphatic rings. The summed E-state index contributed by atoms with van der Waals surface area (Å²) in [6, 6.07) is 0. The van der Waals surface area contributed by atoms with Crippen LogP contribution >= 0.6 is 7.59 Å². The van der Waals surface area contributed by atoms with Crippen LogP contribution in [0.25, 0.3) is 0 Å². The van der Waals surface area contributed by atoms with Gasteiger partial charge in [0.05, 0.1) is 0 Å². The fourth-order valence-electron chi connectivity index (χ4n) is 2.90. The maximum absolute atomic E-state index is 13.2. The zero-order valence-electron chi connectivity index (χ0n) is 17.5. The van der Waals surface area contributed by atoms with E-state index in [-0.39, 0.29) is 14.1 Å². The third kappa shape index (κ3) is 6.95. The molecule has 0 atom stereocenters. The molecule has 0 amide bonds. The molecule has 0 N–H and O–H groups in total. The monoisotopic (exact) mass is 618 g/mol. The second kappa shape index (κ2) is 9.56. The SMILES string of the molecule is CN1CCN(C)P1(OC(C(F)(F)F)C(F)(F)F)(OC(C(F)(F)F)C(F)(F)F)OC(C(F)(F)F)C(F)(F)F.